The molecule has 0 amide bonds. The number of hydrogen-bond acceptors (Lipinski definition) is 4. The maximum Gasteiger partial charge on any atom is 0.312 e. The second-order valence-corrected chi connectivity index (χ2v) is 6.97. The highest BCUT2D eigenvalue weighted by atomic mass is 16.5. The number of ether oxygens (including phenoxy) is 2. The molecule has 1 unspecified atom stereocenters. The Kier molecular flexibility index (Phi) is 4.68. The summed E-state index contributed by atoms with van der Waals surface area (Å²) in [4.78, 5) is 25.1. The molecule has 0 saturated carbocycles. The highest BCUT2D eigenvalue weighted by Crippen LogP contribution is 2.37. The Morgan fingerprint density at radius 1 is 1.12 bits per heavy atom. The third kappa shape index (κ3) is 3.40. The molecule has 4 nitrogen and oxygen atoms in total. The molecule has 0 bridgehead atoms. The smallest absolute Gasteiger partial charge is 0.312 e. The number of benzene rings is 2. The number of methoxy groups -OCH3 is 1. The first-order valence-corrected chi connectivity index (χ1v) is 8.56. The highest BCUT2D eigenvalue weighted by molar-refractivity contribution is 6.11. The number of esters is 1. The topological polar surface area (TPSA) is 52.6 Å². The van der Waals surface area contributed by atoms with Crippen LogP contribution in [0, 0.1) is 0 Å². The van der Waals surface area contributed by atoms with Gasteiger partial charge in [0.05, 0.1) is 18.6 Å². The molecule has 0 N–H and O–H groups in total. The largest absolute Gasteiger partial charge is 0.482 e. The molecule has 134 valence electrons. The second kappa shape index (κ2) is 6.79. The van der Waals surface area contributed by atoms with Crippen LogP contribution in [0.2, 0.25) is 0 Å². The van der Waals surface area contributed by atoms with Crippen LogP contribution in [0.3, 0.4) is 0 Å². The zero-order chi connectivity index (χ0) is 18.9. The van der Waals surface area contributed by atoms with Gasteiger partial charge in [-0.15, -0.1) is 0 Å². The van der Waals surface area contributed by atoms with Crippen LogP contribution in [-0.2, 0) is 9.53 Å². The molecule has 0 radical (unpaired) electrons. The molecule has 1 aliphatic rings. The van der Waals surface area contributed by atoms with Crippen LogP contribution in [-0.4, -0.2) is 24.5 Å². The summed E-state index contributed by atoms with van der Waals surface area (Å²) >= 11 is 0. The van der Waals surface area contributed by atoms with E-state index in [0.29, 0.717) is 16.9 Å². The Morgan fingerprint density at radius 3 is 2.46 bits per heavy atom. The normalized spacial score (nSPS) is 15.5. The van der Waals surface area contributed by atoms with E-state index in [-0.39, 0.29) is 11.8 Å². The average molecular weight is 350 g/mol. The van der Waals surface area contributed by atoms with Crippen molar-refractivity contribution in [2.75, 3.05) is 7.11 Å². The van der Waals surface area contributed by atoms with Crippen molar-refractivity contribution in [3.8, 4) is 5.75 Å². The molecule has 2 aromatic rings. The lowest BCUT2D eigenvalue weighted by Crippen LogP contribution is -2.29. The number of fused-ring (bicyclic) bond motifs is 1. The Balaban J connectivity index is 2.16. The molecule has 3 rings (SSSR count). The van der Waals surface area contributed by atoms with Gasteiger partial charge in [-0.05, 0) is 44.5 Å². The molecule has 0 saturated heterocycles. The summed E-state index contributed by atoms with van der Waals surface area (Å²) in [6.07, 6.45) is 3.88. The van der Waals surface area contributed by atoms with Crippen molar-refractivity contribution in [1.82, 2.24) is 0 Å². The van der Waals surface area contributed by atoms with Gasteiger partial charge in [-0.2, -0.15) is 0 Å². The van der Waals surface area contributed by atoms with Crippen LogP contribution in [0.15, 0.2) is 48.5 Å². The Hall–Kier alpha value is -2.88. The zero-order valence-electron chi connectivity index (χ0n) is 15.4. The van der Waals surface area contributed by atoms with Gasteiger partial charge >= 0.3 is 5.97 Å². The van der Waals surface area contributed by atoms with Crippen molar-refractivity contribution in [2.24, 2.45) is 0 Å². The van der Waals surface area contributed by atoms with E-state index in [2.05, 4.69) is 0 Å². The summed E-state index contributed by atoms with van der Waals surface area (Å²) in [6.45, 7) is 5.64. The average Bonchev–Trinajstić information content (AvgIpc) is 2.65. The SMILES string of the molecule is COC(=O)C(C)c1cc2c(c(C(=O)c3ccccc3)c1)OC(C)(C)C=C2. The van der Waals surface area contributed by atoms with Crippen molar-refractivity contribution in [1.29, 1.82) is 0 Å². The van der Waals surface area contributed by atoms with Crippen LogP contribution in [0.5, 0.6) is 5.75 Å². The fraction of sp³-hybridized carbons (Fsp3) is 0.273. The molecular formula is C22H22O4. The van der Waals surface area contributed by atoms with Crippen LogP contribution in [0.1, 0.15) is 53.7 Å². The number of rotatable bonds is 4. The molecule has 0 aromatic heterocycles. The van der Waals surface area contributed by atoms with E-state index < -0.39 is 11.5 Å². The molecule has 1 heterocycles. The van der Waals surface area contributed by atoms with Crippen LogP contribution in [0.25, 0.3) is 6.08 Å². The molecule has 0 aliphatic carbocycles. The van der Waals surface area contributed by atoms with Crippen molar-refractivity contribution in [3.63, 3.8) is 0 Å². The predicted molar refractivity (Wildman–Crippen MR) is 100 cm³/mol. The number of hydrogen-bond donors (Lipinski definition) is 0. The lowest BCUT2D eigenvalue weighted by Gasteiger charge is -2.30. The first-order chi connectivity index (χ1) is 12.3. The summed E-state index contributed by atoms with van der Waals surface area (Å²) in [7, 11) is 1.36. The zero-order valence-corrected chi connectivity index (χ0v) is 15.4. The lowest BCUT2D eigenvalue weighted by atomic mass is 9.90. The summed E-state index contributed by atoms with van der Waals surface area (Å²) in [5.74, 6) is -0.404. The van der Waals surface area contributed by atoms with E-state index >= 15 is 0 Å². The van der Waals surface area contributed by atoms with Gasteiger partial charge in [-0.25, -0.2) is 0 Å². The molecular weight excluding hydrogens is 328 g/mol. The maximum absolute atomic E-state index is 13.1. The number of carbonyl (C=O) groups is 2. The van der Waals surface area contributed by atoms with Crippen LogP contribution in [0.4, 0.5) is 0 Å². The van der Waals surface area contributed by atoms with E-state index in [4.69, 9.17) is 9.47 Å². The fourth-order valence-electron chi connectivity index (χ4n) is 2.98. The van der Waals surface area contributed by atoms with Gasteiger partial charge < -0.3 is 9.47 Å². The van der Waals surface area contributed by atoms with E-state index in [0.717, 1.165) is 11.1 Å². The van der Waals surface area contributed by atoms with Crippen molar-refractivity contribution >= 4 is 17.8 Å². The van der Waals surface area contributed by atoms with Crippen LogP contribution < -0.4 is 4.74 Å². The van der Waals surface area contributed by atoms with E-state index in [1.807, 2.05) is 50.3 Å². The van der Waals surface area contributed by atoms with Crippen molar-refractivity contribution < 1.29 is 19.1 Å². The van der Waals surface area contributed by atoms with Crippen LogP contribution >= 0.6 is 0 Å². The molecule has 1 aliphatic heterocycles. The minimum atomic E-state index is -0.506. The summed E-state index contributed by atoms with van der Waals surface area (Å²) < 4.78 is 10.9. The van der Waals surface area contributed by atoms with E-state index in [1.54, 1.807) is 25.1 Å². The highest BCUT2D eigenvalue weighted by Gasteiger charge is 2.29. The molecule has 26 heavy (non-hydrogen) atoms. The van der Waals surface area contributed by atoms with E-state index in [1.165, 1.54) is 7.11 Å². The van der Waals surface area contributed by atoms with Gasteiger partial charge in [-0.3, -0.25) is 9.59 Å². The quantitative estimate of drug-likeness (QED) is 0.607. The van der Waals surface area contributed by atoms with E-state index in [9.17, 15) is 9.59 Å². The summed E-state index contributed by atoms with van der Waals surface area (Å²) in [5, 5.41) is 0. The second-order valence-electron chi connectivity index (χ2n) is 6.97. The molecule has 0 spiro atoms. The predicted octanol–water partition coefficient (Wildman–Crippen LogP) is 4.38. The Labute approximate surface area is 153 Å². The molecule has 0 fully saturated rings. The lowest BCUT2D eigenvalue weighted by molar-refractivity contribution is -0.142. The van der Waals surface area contributed by atoms with Gasteiger partial charge in [0.25, 0.3) is 0 Å². The fourth-order valence-corrected chi connectivity index (χ4v) is 2.98. The van der Waals surface area contributed by atoms with Gasteiger partial charge in [0, 0.05) is 11.1 Å². The van der Waals surface area contributed by atoms with Gasteiger partial charge in [0.15, 0.2) is 5.78 Å². The number of ketones is 1. The Morgan fingerprint density at radius 2 is 1.81 bits per heavy atom. The van der Waals surface area contributed by atoms with Crippen molar-refractivity contribution in [3.05, 3.63) is 70.8 Å². The first-order valence-electron chi connectivity index (χ1n) is 8.56. The first kappa shape index (κ1) is 17.9. The standard InChI is InChI=1S/C22H22O4/c1-14(21(24)25-4)17-12-16-10-11-22(2,3)26-20(16)18(13-17)19(23)15-8-6-5-7-9-15/h5-14H,1-4H3. The summed E-state index contributed by atoms with van der Waals surface area (Å²) in [5.41, 5.74) is 2.04. The molecule has 1 atom stereocenters. The number of carbonyl (C=O) groups excluding carboxylic acids is 2. The minimum Gasteiger partial charge on any atom is -0.482 e. The third-order valence-electron chi connectivity index (χ3n) is 4.50. The minimum absolute atomic E-state index is 0.133. The molecule has 2 aromatic carbocycles. The molecule has 4 heteroatoms. The monoisotopic (exact) mass is 350 g/mol. The Bertz CT molecular complexity index is 879. The van der Waals surface area contributed by atoms with Crippen molar-refractivity contribution in [2.45, 2.75) is 32.3 Å². The van der Waals surface area contributed by atoms with Gasteiger partial charge in [0.2, 0.25) is 0 Å². The third-order valence-corrected chi connectivity index (χ3v) is 4.50. The maximum atomic E-state index is 13.1. The summed E-state index contributed by atoms with van der Waals surface area (Å²) in [6, 6.07) is 12.7. The van der Waals surface area contributed by atoms with Gasteiger partial charge in [-0.1, -0.05) is 36.4 Å². The van der Waals surface area contributed by atoms with Gasteiger partial charge in [0.1, 0.15) is 11.4 Å².